The molecule has 0 heterocycles. The maximum absolute atomic E-state index is 3.52. The van der Waals surface area contributed by atoms with Gasteiger partial charge in [-0.05, 0) is 81.2 Å². The van der Waals surface area contributed by atoms with Crippen molar-refractivity contribution in [1.82, 2.24) is 0 Å². The second-order valence-corrected chi connectivity index (χ2v) is 9.33. The van der Waals surface area contributed by atoms with Crippen LogP contribution < -0.4 is 4.90 Å². The number of para-hydroxylation sites is 1. The second-order valence-electron chi connectivity index (χ2n) is 8.42. The van der Waals surface area contributed by atoms with Crippen LogP contribution in [0.5, 0.6) is 0 Å². The van der Waals surface area contributed by atoms with Crippen LogP contribution in [0.25, 0.3) is 32.7 Å². The molecule has 0 saturated heterocycles. The Labute approximate surface area is 208 Å². The largest absolute Gasteiger partial charge is 0.310 e. The lowest BCUT2D eigenvalue weighted by Gasteiger charge is -2.26. The van der Waals surface area contributed by atoms with Crippen molar-refractivity contribution in [2.45, 2.75) is 0 Å². The van der Waals surface area contributed by atoms with E-state index in [9.17, 15) is 0 Å². The average Bonchev–Trinajstić information content (AvgIpc) is 2.90. The van der Waals surface area contributed by atoms with Gasteiger partial charge in [0.2, 0.25) is 0 Å². The number of hydrogen-bond acceptors (Lipinski definition) is 1. The molecule has 34 heavy (non-hydrogen) atoms. The third kappa shape index (κ3) is 3.87. The number of hydrogen-bond donors (Lipinski definition) is 0. The number of rotatable bonds is 4. The highest BCUT2D eigenvalue weighted by atomic mass is 79.9. The van der Waals surface area contributed by atoms with Gasteiger partial charge in [-0.1, -0.05) is 101 Å². The van der Waals surface area contributed by atoms with Crippen LogP contribution in [0.1, 0.15) is 0 Å². The molecule has 1 nitrogen and oxygen atoms in total. The van der Waals surface area contributed by atoms with Crippen LogP contribution in [0.15, 0.2) is 138 Å². The third-order valence-electron chi connectivity index (χ3n) is 6.30. The van der Waals surface area contributed by atoms with Crippen molar-refractivity contribution in [3.8, 4) is 11.1 Å². The summed E-state index contributed by atoms with van der Waals surface area (Å²) in [5.74, 6) is 0. The highest BCUT2D eigenvalue weighted by Crippen LogP contribution is 2.38. The molecule has 0 spiro atoms. The molecule has 0 aromatic heterocycles. The van der Waals surface area contributed by atoms with Gasteiger partial charge in [0.15, 0.2) is 0 Å². The van der Waals surface area contributed by atoms with Gasteiger partial charge in [0.1, 0.15) is 0 Å². The Hall–Kier alpha value is -3.88. The van der Waals surface area contributed by atoms with E-state index >= 15 is 0 Å². The minimum absolute atomic E-state index is 1.09. The summed E-state index contributed by atoms with van der Waals surface area (Å²) < 4.78 is 1.09. The van der Waals surface area contributed by atoms with Crippen molar-refractivity contribution in [3.63, 3.8) is 0 Å². The first kappa shape index (κ1) is 20.7. The topological polar surface area (TPSA) is 3.24 Å². The zero-order valence-corrected chi connectivity index (χ0v) is 20.1. The molecule has 6 aromatic carbocycles. The lowest BCUT2D eigenvalue weighted by atomic mass is 10.0. The maximum Gasteiger partial charge on any atom is 0.0468 e. The Bertz CT molecular complexity index is 1590. The molecule has 0 aliphatic carbocycles. The fourth-order valence-electron chi connectivity index (χ4n) is 4.61. The van der Waals surface area contributed by atoms with Crippen LogP contribution in [-0.2, 0) is 0 Å². The first-order valence-corrected chi connectivity index (χ1v) is 12.2. The van der Waals surface area contributed by atoms with E-state index in [4.69, 9.17) is 0 Å². The van der Waals surface area contributed by atoms with Crippen LogP contribution in [0, 0.1) is 0 Å². The molecule has 6 rings (SSSR count). The molecule has 0 amide bonds. The monoisotopic (exact) mass is 499 g/mol. The number of anilines is 3. The van der Waals surface area contributed by atoms with Crippen molar-refractivity contribution in [1.29, 1.82) is 0 Å². The summed E-state index contributed by atoms with van der Waals surface area (Å²) in [5.41, 5.74) is 5.82. The van der Waals surface area contributed by atoms with E-state index in [-0.39, 0.29) is 0 Å². The van der Waals surface area contributed by atoms with Crippen LogP contribution >= 0.6 is 15.9 Å². The Balaban J connectivity index is 1.46. The van der Waals surface area contributed by atoms with E-state index in [0.29, 0.717) is 0 Å². The van der Waals surface area contributed by atoms with E-state index in [1.165, 1.54) is 32.7 Å². The van der Waals surface area contributed by atoms with E-state index in [0.717, 1.165) is 21.5 Å². The second kappa shape index (κ2) is 8.81. The summed E-state index contributed by atoms with van der Waals surface area (Å²) >= 11 is 3.52. The van der Waals surface area contributed by atoms with Gasteiger partial charge in [0.05, 0.1) is 0 Å². The van der Waals surface area contributed by atoms with Gasteiger partial charge < -0.3 is 4.90 Å². The van der Waals surface area contributed by atoms with Crippen molar-refractivity contribution in [2.24, 2.45) is 0 Å². The predicted octanol–water partition coefficient (Wildman–Crippen LogP) is 9.89. The van der Waals surface area contributed by atoms with Crippen LogP contribution in [0.2, 0.25) is 0 Å². The summed E-state index contributed by atoms with van der Waals surface area (Å²) in [6.45, 7) is 0. The zero-order valence-electron chi connectivity index (χ0n) is 18.5. The lowest BCUT2D eigenvalue weighted by Crippen LogP contribution is -2.09. The number of halogens is 1. The Morgan fingerprint density at radius 3 is 1.74 bits per heavy atom. The SMILES string of the molecule is Brc1ccc(-c2ccc(N(c3ccccc3)c3ccc4c(ccc5ccccc54)c3)cc2)cc1. The molecule has 0 N–H and O–H groups in total. The zero-order chi connectivity index (χ0) is 22.9. The van der Waals surface area contributed by atoms with Crippen molar-refractivity contribution in [3.05, 3.63) is 138 Å². The van der Waals surface area contributed by atoms with Gasteiger partial charge in [0.25, 0.3) is 0 Å². The molecule has 2 heteroatoms. The van der Waals surface area contributed by atoms with Crippen LogP contribution in [-0.4, -0.2) is 0 Å². The molecule has 0 unspecified atom stereocenters. The Kier molecular flexibility index (Phi) is 5.37. The summed E-state index contributed by atoms with van der Waals surface area (Å²) in [6, 6.07) is 47.6. The van der Waals surface area contributed by atoms with Gasteiger partial charge in [-0.3, -0.25) is 0 Å². The lowest BCUT2D eigenvalue weighted by molar-refractivity contribution is 1.29. The molecular formula is C32H22BrN. The normalized spacial score (nSPS) is 11.1. The number of fused-ring (bicyclic) bond motifs is 3. The Morgan fingerprint density at radius 1 is 0.412 bits per heavy atom. The Morgan fingerprint density at radius 2 is 0.971 bits per heavy atom. The summed E-state index contributed by atoms with van der Waals surface area (Å²) in [6.07, 6.45) is 0. The molecule has 0 radical (unpaired) electrons. The van der Waals surface area contributed by atoms with E-state index in [1.54, 1.807) is 0 Å². The first-order valence-electron chi connectivity index (χ1n) is 11.4. The maximum atomic E-state index is 3.52. The van der Waals surface area contributed by atoms with Gasteiger partial charge in [-0.25, -0.2) is 0 Å². The van der Waals surface area contributed by atoms with Crippen molar-refractivity contribution < 1.29 is 0 Å². The highest BCUT2D eigenvalue weighted by molar-refractivity contribution is 9.10. The fraction of sp³-hybridized carbons (Fsp3) is 0. The van der Waals surface area contributed by atoms with E-state index in [2.05, 4.69) is 154 Å². The summed E-state index contributed by atoms with van der Waals surface area (Å²) in [7, 11) is 0. The molecule has 0 bridgehead atoms. The van der Waals surface area contributed by atoms with Gasteiger partial charge in [0, 0.05) is 21.5 Å². The molecule has 0 fully saturated rings. The third-order valence-corrected chi connectivity index (χ3v) is 6.83. The van der Waals surface area contributed by atoms with Crippen molar-refractivity contribution in [2.75, 3.05) is 4.90 Å². The highest BCUT2D eigenvalue weighted by Gasteiger charge is 2.13. The average molecular weight is 500 g/mol. The van der Waals surface area contributed by atoms with Crippen LogP contribution in [0.4, 0.5) is 17.1 Å². The summed E-state index contributed by atoms with van der Waals surface area (Å²) in [4.78, 5) is 2.32. The number of benzene rings is 6. The van der Waals surface area contributed by atoms with Gasteiger partial charge >= 0.3 is 0 Å². The smallest absolute Gasteiger partial charge is 0.0468 e. The molecule has 0 aliphatic rings. The fourth-order valence-corrected chi connectivity index (χ4v) is 4.87. The molecular weight excluding hydrogens is 478 g/mol. The number of nitrogens with zero attached hydrogens (tertiary/aromatic N) is 1. The van der Waals surface area contributed by atoms with Gasteiger partial charge in [-0.15, -0.1) is 0 Å². The quantitative estimate of drug-likeness (QED) is 0.218. The minimum Gasteiger partial charge on any atom is -0.310 e. The minimum atomic E-state index is 1.09. The van der Waals surface area contributed by atoms with Crippen molar-refractivity contribution >= 4 is 54.5 Å². The first-order chi connectivity index (χ1) is 16.8. The molecule has 0 saturated carbocycles. The summed E-state index contributed by atoms with van der Waals surface area (Å²) in [5, 5.41) is 5.08. The van der Waals surface area contributed by atoms with E-state index < -0.39 is 0 Å². The molecule has 0 atom stereocenters. The molecule has 0 aliphatic heterocycles. The predicted molar refractivity (Wildman–Crippen MR) is 149 cm³/mol. The van der Waals surface area contributed by atoms with E-state index in [1.807, 2.05) is 0 Å². The van der Waals surface area contributed by atoms with Gasteiger partial charge in [-0.2, -0.15) is 0 Å². The molecule has 162 valence electrons. The standard InChI is InChI=1S/C32H22BrN/c33-27-16-12-23(13-17-27)24-14-18-29(19-15-24)34(28-7-2-1-3-8-28)30-20-21-32-26(22-30)11-10-25-6-4-5-9-31(25)32/h1-22H. The van der Waals surface area contributed by atoms with Crippen LogP contribution in [0.3, 0.4) is 0 Å². The molecule has 6 aromatic rings.